The molecule has 3 aliphatic carbocycles. The monoisotopic (exact) mass is 413 g/mol. The molecule has 2 aromatic rings. The van der Waals surface area contributed by atoms with Crippen LogP contribution in [-0.2, 0) is 9.59 Å². The second kappa shape index (κ2) is 5.29. The van der Waals surface area contributed by atoms with E-state index in [1.165, 1.54) is 4.90 Å². The van der Waals surface area contributed by atoms with Crippen molar-refractivity contribution in [1.29, 1.82) is 0 Å². The van der Waals surface area contributed by atoms with Gasteiger partial charge in [-0.25, -0.2) is 4.90 Å². The Morgan fingerprint density at radius 3 is 2.40 bits per heavy atom. The molecule has 2 aromatic carbocycles. The van der Waals surface area contributed by atoms with E-state index in [2.05, 4.69) is 15.9 Å². The molecular weight excluding hydrogens is 402 g/mol. The summed E-state index contributed by atoms with van der Waals surface area (Å²) in [5.74, 6) is -1.41. The lowest BCUT2D eigenvalue weighted by atomic mass is 9.60. The summed E-state index contributed by atoms with van der Waals surface area (Å²) in [6, 6.07) is 15.3. The van der Waals surface area contributed by atoms with E-state index in [0.717, 1.165) is 15.6 Å². The van der Waals surface area contributed by atoms with Gasteiger partial charge in [-0.3, -0.25) is 9.59 Å². The van der Waals surface area contributed by atoms with Crippen molar-refractivity contribution in [2.45, 2.75) is 11.8 Å². The van der Waals surface area contributed by atoms with Gasteiger partial charge in [-0.1, -0.05) is 63.9 Å². The van der Waals surface area contributed by atoms with Crippen LogP contribution in [0.1, 0.15) is 23.0 Å². The molecule has 1 heterocycles. The molecule has 25 heavy (non-hydrogen) atoms. The van der Waals surface area contributed by atoms with Crippen LogP contribution in [0.4, 0.5) is 5.69 Å². The molecule has 0 spiro atoms. The molecular formula is C20H13BrClNO2. The van der Waals surface area contributed by atoms with Gasteiger partial charge < -0.3 is 0 Å². The normalized spacial score (nSPS) is 29.5. The largest absolute Gasteiger partial charge is 0.274 e. The molecule has 2 bridgehead atoms. The van der Waals surface area contributed by atoms with Crippen molar-refractivity contribution in [2.24, 2.45) is 11.8 Å². The summed E-state index contributed by atoms with van der Waals surface area (Å²) in [6.45, 7) is 0. The minimum Gasteiger partial charge on any atom is -0.274 e. The van der Waals surface area contributed by atoms with Gasteiger partial charge in [0.25, 0.3) is 0 Å². The lowest BCUT2D eigenvalue weighted by molar-refractivity contribution is -0.122. The van der Waals surface area contributed by atoms with Gasteiger partial charge in [-0.15, -0.1) is 0 Å². The molecule has 0 saturated carbocycles. The molecule has 1 fully saturated rings. The van der Waals surface area contributed by atoms with Crippen molar-refractivity contribution in [3.8, 4) is 0 Å². The number of amides is 2. The van der Waals surface area contributed by atoms with Gasteiger partial charge in [0, 0.05) is 21.3 Å². The number of rotatable bonds is 1. The first-order valence-electron chi connectivity index (χ1n) is 8.17. The number of carbonyl (C=O) groups excluding carboxylic acids is 2. The third-order valence-electron chi connectivity index (χ3n) is 5.54. The number of carbonyl (C=O) groups is 2. The Balaban J connectivity index is 1.66. The van der Waals surface area contributed by atoms with Crippen LogP contribution >= 0.6 is 27.5 Å². The third kappa shape index (κ3) is 1.98. The summed E-state index contributed by atoms with van der Waals surface area (Å²) in [4.78, 5) is 27.7. The second-order valence-corrected chi connectivity index (χ2v) is 8.08. The van der Waals surface area contributed by atoms with E-state index in [1.807, 2.05) is 42.5 Å². The zero-order valence-corrected chi connectivity index (χ0v) is 15.4. The van der Waals surface area contributed by atoms with E-state index in [1.54, 1.807) is 12.1 Å². The summed E-state index contributed by atoms with van der Waals surface area (Å²) in [7, 11) is 0. The minimum atomic E-state index is -0.413. The Hall–Kier alpha value is -1.91. The molecule has 0 aromatic heterocycles. The van der Waals surface area contributed by atoms with Gasteiger partial charge >= 0.3 is 0 Å². The highest BCUT2D eigenvalue weighted by Gasteiger charge is 2.60. The first kappa shape index (κ1) is 15.4. The number of hydrogen-bond acceptors (Lipinski definition) is 2. The van der Waals surface area contributed by atoms with Crippen molar-refractivity contribution >= 4 is 45.0 Å². The third-order valence-corrected chi connectivity index (χ3v) is 6.39. The number of hydrogen-bond donors (Lipinski definition) is 0. The van der Waals surface area contributed by atoms with Gasteiger partial charge in [-0.2, -0.15) is 0 Å². The molecule has 5 heteroatoms. The van der Waals surface area contributed by atoms with Crippen molar-refractivity contribution in [3.63, 3.8) is 0 Å². The Morgan fingerprint density at radius 2 is 1.64 bits per heavy atom. The van der Waals surface area contributed by atoms with Gasteiger partial charge in [0.1, 0.15) is 0 Å². The molecule has 6 rings (SSSR count). The van der Waals surface area contributed by atoms with Crippen molar-refractivity contribution in [2.75, 3.05) is 4.90 Å². The molecule has 4 unspecified atom stereocenters. The van der Waals surface area contributed by atoms with Crippen LogP contribution in [0, 0.1) is 11.8 Å². The number of benzene rings is 2. The number of halogens is 2. The molecule has 3 nitrogen and oxygen atoms in total. The fourth-order valence-electron chi connectivity index (χ4n) is 4.58. The minimum absolute atomic E-state index is 0.127. The zero-order valence-electron chi connectivity index (χ0n) is 13.0. The zero-order chi connectivity index (χ0) is 17.3. The SMILES string of the molecule is O=C1C2C3C=C(Cl)C(c4ccccc43)C2C(=O)N1c1cccc(Br)c1. The molecule has 2 amide bonds. The fourth-order valence-corrected chi connectivity index (χ4v) is 5.36. The standard InChI is InChI=1S/C20H13BrClNO2/c21-10-4-3-5-11(8-10)23-19(24)17-14-9-15(22)16(18(17)20(23)25)13-7-2-1-6-12(13)14/h1-9,14,16-18H. The van der Waals surface area contributed by atoms with Gasteiger partial charge in [0.15, 0.2) is 0 Å². The summed E-state index contributed by atoms with van der Waals surface area (Å²) < 4.78 is 0.836. The number of allylic oxidation sites excluding steroid dienone is 2. The first-order chi connectivity index (χ1) is 12.1. The van der Waals surface area contributed by atoms with Gasteiger partial charge in [0.2, 0.25) is 11.8 Å². The molecule has 4 aliphatic rings. The van der Waals surface area contributed by atoms with E-state index in [9.17, 15) is 9.59 Å². The average molecular weight is 415 g/mol. The predicted octanol–water partition coefficient (Wildman–Crippen LogP) is 4.57. The molecule has 1 saturated heterocycles. The summed E-state index contributed by atoms with van der Waals surface area (Å²) in [5.41, 5.74) is 2.81. The van der Waals surface area contributed by atoms with Crippen LogP contribution in [0.15, 0.2) is 64.1 Å². The molecule has 0 radical (unpaired) electrons. The highest BCUT2D eigenvalue weighted by Crippen LogP contribution is 2.59. The number of nitrogens with zero attached hydrogens (tertiary/aromatic N) is 1. The maximum Gasteiger partial charge on any atom is 0.238 e. The lowest BCUT2D eigenvalue weighted by Crippen LogP contribution is -2.38. The second-order valence-electron chi connectivity index (χ2n) is 6.73. The van der Waals surface area contributed by atoms with Gasteiger partial charge in [0.05, 0.1) is 17.5 Å². The van der Waals surface area contributed by atoms with Crippen LogP contribution in [0.5, 0.6) is 0 Å². The van der Waals surface area contributed by atoms with E-state index in [4.69, 9.17) is 11.6 Å². The molecule has 4 atom stereocenters. The predicted molar refractivity (Wildman–Crippen MR) is 99.5 cm³/mol. The first-order valence-corrected chi connectivity index (χ1v) is 9.34. The summed E-state index contributed by atoms with van der Waals surface area (Å²) >= 11 is 9.93. The Kier molecular flexibility index (Phi) is 3.25. The van der Waals surface area contributed by atoms with Crippen LogP contribution in [-0.4, -0.2) is 11.8 Å². The fraction of sp³-hybridized carbons (Fsp3) is 0.200. The van der Waals surface area contributed by atoms with Crippen LogP contribution < -0.4 is 4.90 Å². The van der Waals surface area contributed by atoms with E-state index < -0.39 is 5.92 Å². The van der Waals surface area contributed by atoms with E-state index >= 15 is 0 Å². The Morgan fingerprint density at radius 1 is 0.920 bits per heavy atom. The molecule has 124 valence electrons. The summed E-state index contributed by atoms with van der Waals surface area (Å²) in [5, 5.41) is 0.683. The quantitative estimate of drug-likeness (QED) is 0.641. The van der Waals surface area contributed by atoms with Crippen molar-refractivity contribution < 1.29 is 9.59 Å². The smallest absolute Gasteiger partial charge is 0.238 e. The van der Waals surface area contributed by atoms with Gasteiger partial charge in [-0.05, 0) is 29.3 Å². The van der Waals surface area contributed by atoms with Crippen LogP contribution in [0.25, 0.3) is 0 Å². The lowest BCUT2D eigenvalue weighted by Gasteiger charge is -2.42. The van der Waals surface area contributed by atoms with E-state index in [-0.39, 0.29) is 29.6 Å². The maximum atomic E-state index is 13.2. The summed E-state index contributed by atoms with van der Waals surface area (Å²) in [6.07, 6.45) is 1.96. The highest BCUT2D eigenvalue weighted by atomic mass is 79.9. The molecule has 1 aliphatic heterocycles. The van der Waals surface area contributed by atoms with E-state index in [0.29, 0.717) is 10.7 Å². The Bertz CT molecular complexity index is 970. The number of imide groups is 1. The molecule has 0 N–H and O–H groups in total. The number of anilines is 1. The maximum absolute atomic E-state index is 13.2. The van der Waals surface area contributed by atoms with Crippen molar-refractivity contribution in [1.82, 2.24) is 0 Å². The Labute approximate surface area is 158 Å². The average Bonchev–Trinajstić information content (AvgIpc) is 2.87. The van der Waals surface area contributed by atoms with Crippen LogP contribution in [0.3, 0.4) is 0 Å². The van der Waals surface area contributed by atoms with Crippen LogP contribution in [0.2, 0.25) is 0 Å². The van der Waals surface area contributed by atoms with Crippen molar-refractivity contribution in [3.05, 3.63) is 75.2 Å². The highest BCUT2D eigenvalue weighted by molar-refractivity contribution is 9.10. The topological polar surface area (TPSA) is 37.4 Å².